The monoisotopic (exact) mass is 320 g/mol. The molecule has 2 aromatic heterocycles. The fraction of sp³-hybridized carbons (Fsp3) is 0.357. The van der Waals surface area contributed by atoms with Crippen LogP contribution in [0.5, 0.6) is 0 Å². The van der Waals surface area contributed by atoms with Crippen molar-refractivity contribution in [2.24, 2.45) is 0 Å². The fourth-order valence-electron chi connectivity index (χ4n) is 1.94. The smallest absolute Gasteiger partial charge is 0.161 e. The van der Waals surface area contributed by atoms with Gasteiger partial charge in [-0.2, -0.15) is 0 Å². The largest absolute Gasteiger partial charge is 0.369 e. The average Bonchev–Trinajstić information content (AvgIpc) is 2.33. The summed E-state index contributed by atoms with van der Waals surface area (Å²) in [4.78, 5) is 13.5. The molecular weight excluding hydrogens is 304 g/mol. The van der Waals surface area contributed by atoms with E-state index in [2.05, 4.69) is 36.2 Å². The predicted molar refractivity (Wildman–Crippen MR) is 81.3 cm³/mol. The Labute approximate surface area is 121 Å². The molecule has 0 aliphatic rings. The van der Waals surface area contributed by atoms with Crippen LogP contribution in [-0.4, -0.2) is 21.5 Å². The third-order valence-corrected chi connectivity index (χ3v) is 3.65. The molecule has 0 aromatic carbocycles. The van der Waals surface area contributed by atoms with Crippen LogP contribution in [0.2, 0.25) is 0 Å². The molecule has 19 heavy (non-hydrogen) atoms. The Morgan fingerprint density at radius 2 is 1.68 bits per heavy atom. The molecule has 1 N–H and O–H groups in total. The van der Waals surface area contributed by atoms with Crippen molar-refractivity contribution >= 4 is 21.7 Å². The Kier molecular flexibility index (Phi) is 4.14. The lowest BCUT2D eigenvalue weighted by atomic mass is 10.2. The van der Waals surface area contributed by atoms with Gasteiger partial charge in [-0.25, -0.2) is 9.97 Å². The molecule has 5 heteroatoms. The number of rotatable bonds is 3. The van der Waals surface area contributed by atoms with Crippen LogP contribution in [0.25, 0.3) is 11.4 Å². The van der Waals surface area contributed by atoms with E-state index in [1.807, 2.05) is 39.8 Å². The van der Waals surface area contributed by atoms with E-state index in [1.165, 1.54) is 0 Å². The Hall–Kier alpha value is -1.49. The van der Waals surface area contributed by atoms with Crippen molar-refractivity contribution in [3.05, 3.63) is 33.7 Å². The lowest BCUT2D eigenvalue weighted by Crippen LogP contribution is -2.05. The molecule has 2 heterocycles. The average molecular weight is 321 g/mol. The molecule has 0 saturated carbocycles. The van der Waals surface area contributed by atoms with E-state index in [9.17, 15) is 0 Å². The van der Waals surface area contributed by atoms with E-state index in [0.29, 0.717) is 0 Å². The molecule has 0 amide bonds. The van der Waals surface area contributed by atoms with Crippen molar-refractivity contribution in [3.8, 4) is 11.4 Å². The van der Waals surface area contributed by atoms with Crippen LogP contribution in [0.4, 0.5) is 5.82 Å². The first-order chi connectivity index (χ1) is 9.01. The number of anilines is 1. The SMILES string of the molecule is CCNc1nc(-c2cc(C)nc(C)c2)nc(C)c1Br. The number of hydrogen-bond acceptors (Lipinski definition) is 4. The highest BCUT2D eigenvalue weighted by atomic mass is 79.9. The van der Waals surface area contributed by atoms with Gasteiger partial charge in [0.15, 0.2) is 5.82 Å². The lowest BCUT2D eigenvalue weighted by molar-refractivity contribution is 1.05. The molecule has 0 aliphatic heterocycles. The number of aromatic nitrogens is 3. The highest BCUT2D eigenvalue weighted by molar-refractivity contribution is 9.10. The highest BCUT2D eigenvalue weighted by Gasteiger charge is 2.11. The topological polar surface area (TPSA) is 50.7 Å². The van der Waals surface area contributed by atoms with Crippen molar-refractivity contribution in [2.75, 3.05) is 11.9 Å². The first-order valence-corrected chi connectivity index (χ1v) is 7.04. The van der Waals surface area contributed by atoms with Gasteiger partial charge < -0.3 is 5.32 Å². The molecule has 0 radical (unpaired) electrons. The molecule has 0 bridgehead atoms. The van der Waals surface area contributed by atoms with Gasteiger partial charge in [0.25, 0.3) is 0 Å². The van der Waals surface area contributed by atoms with Crippen molar-refractivity contribution in [1.82, 2.24) is 15.0 Å². The minimum absolute atomic E-state index is 0.727. The Morgan fingerprint density at radius 1 is 1.05 bits per heavy atom. The summed E-state index contributed by atoms with van der Waals surface area (Å²) in [7, 11) is 0. The third kappa shape index (κ3) is 3.10. The normalized spacial score (nSPS) is 10.6. The molecule has 2 rings (SSSR count). The van der Waals surface area contributed by atoms with Crippen LogP contribution in [0.1, 0.15) is 24.0 Å². The molecule has 0 spiro atoms. The van der Waals surface area contributed by atoms with E-state index >= 15 is 0 Å². The van der Waals surface area contributed by atoms with E-state index in [4.69, 9.17) is 0 Å². The van der Waals surface area contributed by atoms with E-state index < -0.39 is 0 Å². The first kappa shape index (κ1) is 13.9. The molecule has 0 saturated heterocycles. The number of aryl methyl sites for hydroxylation is 3. The minimum Gasteiger partial charge on any atom is -0.369 e. The third-order valence-electron chi connectivity index (χ3n) is 2.70. The van der Waals surface area contributed by atoms with Gasteiger partial charge in [0.1, 0.15) is 5.82 Å². The minimum atomic E-state index is 0.727. The molecule has 2 aromatic rings. The summed E-state index contributed by atoms with van der Waals surface area (Å²) in [6.07, 6.45) is 0. The fourth-order valence-corrected chi connectivity index (χ4v) is 2.25. The molecular formula is C14H17BrN4. The van der Waals surface area contributed by atoms with Gasteiger partial charge in [0.05, 0.1) is 10.2 Å². The van der Waals surface area contributed by atoms with Gasteiger partial charge in [-0.3, -0.25) is 4.98 Å². The molecule has 0 aliphatic carbocycles. The Bertz CT molecular complexity index is 590. The summed E-state index contributed by atoms with van der Waals surface area (Å²) in [6.45, 7) is 8.80. The zero-order valence-corrected chi connectivity index (χ0v) is 13.2. The van der Waals surface area contributed by atoms with Gasteiger partial charge in [0, 0.05) is 23.5 Å². The number of pyridine rings is 1. The zero-order valence-electron chi connectivity index (χ0n) is 11.6. The molecule has 0 unspecified atom stereocenters. The first-order valence-electron chi connectivity index (χ1n) is 6.25. The summed E-state index contributed by atoms with van der Waals surface area (Å²) < 4.78 is 0.917. The van der Waals surface area contributed by atoms with E-state index in [0.717, 1.165) is 45.3 Å². The number of hydrogen-bond donors (Lipinski definition) is 1. The van der Waals surface area contributed by atoms with Gasteiger partial charge in [-0.1, -0.05) is 0 Å². The highest BCUT2D eigenvalue weighted by Crippen LogP contribution is 2.27. The van der Waals surface area contributed by atoms with Crippen LogP contribution >= 0.6 is 15.9 Å². The van der Waals surface area contributed by atoms with Gasteiger partial charge in [-0.15, -0.1) is 0 Å². The second-order valence-electron chi connectivity index (χ2n) is 4.46. The predicted octanol–water partition coefficient (Wildman–Crippen LogP) is 3.66. The Balaban J connectivity index is 2.55. The second kappa shape index (κ2) is 5.65. The summed E-state index contributed by atoms with van der Waals surface area (Å²) in [6, 6.07) is 4.01. The zero-order chi connectivity index (χ0) is 14.0. The molecule has 0 fully saturated rings. The second-order valence-corrected chi connectivity index (χ2v) is 5.26. The summed E-state index contributed by atoms with van der Waals surface area (Å²) in [5.74, 6) is 1.56. The Morgan fingerprint density at radius 3 is 2.26 bits per heavy atom. The van der Waals surface area contributed by atoms with E-state index in [-0.39, 0.29) is 0 Å². The maximum absolute atomic E-state index is 4.58. The molecule has 0 atom stereocenters. The standard InChI is InChI=1S/C14H17BrN4/c1-5-16-14-12(15)10(4)18-13(19-14)11-6-8(2)17-9(3)7-11/h6-7H,5H2,1-4H3,(H,16,18,19). The van der Waals surface area contributed by atoms with Crippen molar-refractivity contribution in [3.63, 3.8) is 0 Å². The van der Waals surface area contributed by atoms with Crippen LogP contribution in [0, 0.1) is 20.8 Å². The van der Waals surface area contributed by atoms with Crippen LogP contribution < -0.4 is 5.32 Å². The molecule has 100 valence electrons. The molecule has 4 nitrogen and oxygen atoms in total. The number of nitrogens with zero attached hydrogens (tertiary/aromatic N) is 3. The van der Waals surface area contributed by atoms with Crippen LogP contribution in [0.15, 0.2) is 16.6 Å². The number of nitrogens with one attached hydrogen (secondary N) is 1. The van der Waals surface area contributed by atoms with Crippen LogP contribution in [0.3, 0.4) is 0 Å². The summed E-state index contributed by atoms with van der Waals surface area (Å²) >= 11 is 3.52. The van der Waals surface area contributed by atoms with Crippen LogP contribution in [-0.2, 0) is 0 Å². The van der Waals surface area contributed by atoms with E-state index in [1.54, 1.807) is 0 Å². The summed E-state index contributed by atoms with van der Waals surface area (Å²) in [5, 5.41) is 3.24. The van der Waals surface area contributed by atoms with Gasteiger partial charge in [0.2, 0.25) is 0 Å². The van der Waals surface area contributed by atoms with Crippen molar-refractivity contribution in [1.29, 1.82) is 0 Å². The maximum Gasteiger partial charge on any atom is 0.161 e. The quantitative estimate of drug-likeness (QED) is 0.937. The maximum atomic E-state index is 4.58. The number of halogens is 1. The van der Waals surface area contributed by atoms with Gasteiger partial charge in [-0.05, 0) is 55.8 Å². The van der Waals surface area contributed by atoms with Crippen molar-refractivity contribution in [2.45, 2.75) is 27.7 Å². The van der Waals surface area contributed by atoms with Crippen molar-refractivity contribution < 1.29 is 0 Å². The summed E-state index contributed by atoms with van der Waals surface area (Å²) in [5.41, 5.74) is 3.88. The van der Waals surface area contributed by atoms with Gasteiger partial charge >= 0.3 is 0 Å². The lowest BCUT2D eigenvalue weighted by Gasteiger charge is -2.10.